The zero-order valence-corrected chi connectivity index (χ0v) is 11.6. The Kier molecular flexibility index (Phi) is 8.72. The Hall–Kier alpha value is 0.370. The van der Waals surface area contributed by atoms with Crippen molar-refractivity contribution in [3.8, 4) is 0 Å². The number of hydrogen-bond donors (Lipinski definition) is 0. The minimum atomic E-state index is 0. The maximum absolute atomic E-state index is 5.77. The molecule has 0 N–H and O–H groups in total. The van der Waals surface area contributed by atoms with Gasteiger partial charge in [-0.2, -0.15) is 0 Å². The fourth-order valence-corrected chi connectivity index (χ4v) is 2.65. The Labute approximate surface area is 111 Å². The average molecular weight is 287 g/mol. The van der Waals surface area contributed by atoms with Gasteiger partial charge in [0.2, 0.25) is 0 Å². The second kappa shape index (κ2) is 8.51. The van der Waals surface area contributed by atoms with E-state index in [1.54, 1.807) is 0 Å². The van der Waals surface area contributed by atoms with Crippen LogP contribution in [-0.4, -0.2) is 16.6 Å². The van der Waals surface area contributed by atoms with Crippen molar-refractivity contribution >= 4 is 47.4 Å². The van der Waals surface area contributed by atoms with Crippen LogP contribution in [0, 0.1) is 6.92 Å². The molecule has 0 aliphatic heterocycles. The predicted octanol–water partition coefficient (Wildman–Crippen LogP) is 4.27. The number of rotatable bonds is 5. The zero-order valence-electron chi connectivity index (χ0n) is 8.50. The molecule has 1 heterocycles. The highest BCUT2D eigenvalue weighted by atomic mass is 35.5. The summed E-state index contributed by atoms with van der Waals surface area (Å²) in [6, 6.07) is 2.03. The largest absolute Gasteiger partial charge is 0.260 e. The van der Waals surface area contributed by atoms with Crippen LogP contribution in [0.15, 0.2) is 17.2 Å². The molecule has 0 aromatic carbocycles. The Morgan fingerprint density at radius 2 is 2.13 bits per heavy atom. The summed E-state index contributed by atoms with van der Waals surface area (Å²) in [5.74, 6) is 2.26. The molecule has 0 amide bonds. The molecule has 1 rings (SSSR count). The Morgan fingerprint density at radius 1 is 1.40 bits per heavy atom. The number of aromatic nitrogens is 1. The van der Waals surface area contributed by atoms with Gasteiger partial charge in [0.1, 0.15) is 0 Å². The summed E-state index contributed by atoms with van der Waals surface area (Å²) in [5, 5.41) is 0. The van der Waals surface area contributed by atoms with Gasteiger partial charge >= 0.3 is 0 Å². The zero-order chi connectivity index (χ0) is 10.4. The lowest BCUT2D eigenvalue weighted by Crippen LogP contribution is -1.93. The van der Waals surface area contributed by atoms with E-state index < -0.39 is 0 Å². The lowest BCUT2D eigenvalue weighted by atomic mass is 10.2. The molecular weight excluding hydrogens is 273 g/mol. The minimum absolute atomic E-state index is 0. The van der Waals surface area contributed by atoms with E-state index in [9.17, 15) is 0 Å². The van der Waals surface area contributed by atoms with Gasteiger partial charge in [-0.25, -0.2) is 0 Å². The molecule has 0 aliphatic rings. The van der Waals surface area contributed by atoms with Gasteiger partial charge in [-0.05, 0) is 30.7 Å². The van der Waals surface area contributed by atoms with Crippen LogP contribution in [0.3, 0.4) is 0 Å². The van der Waals surface area contributed by atoms with Gasteiger partial charge in [0.15, 0.2) is 0 Å². The van der Waals surface area contributed by atoms with E-state index in [-0.39, 0.29) is 12.4 Å². The average Bonchev–Trinajstić information content (AvgIpc) is 2.21. The van der Waals surface area contributed by atoms with Crippen LogP contribution in [0.2, 0.25) is 0 Å². The molecular formula is C10H14Cl3NS. The van der Waals surface area contributed by atoms with Crippen LogP contribution in [0.1, 0.15) is 17.7 Å². The summed E-state index contributed by atoms with van der Waals surface area (Å²) in [6.07, 6.45) is 2.85. The van der Waals surface area contributed by atoms with Crippen molar-refractivity contribution in [2.75, 3.05) is 11.6 Å². The monoisotopic (exact) mass is 285 g/mol. The summed E-state index contributed by atoms with van der Waals surface area (Å²) in [5.41, 5.74) is 2.17. The Balaban J connectivity index is 0.00000196. The molecule has 1 aromatic heterocycles. The summed E-state index contributed by atoms with van der Waals surface area (Å²) in [4.78, 5) is 5.48. The van der Waals surface area contributed by atoms with Crippen molar-refractivity contribution < 1.29 is 0 Å². The Morgan fingerprint density at radius 3 is 2.73 bits per heavy atom. The van der Waals surface area contributed by atoms with E-state index in [4.69, 9.17) is 23.2 Å². The van der Waals surface area contributed by atoms with Gasteiger partial charge in [0.05, 0.1) is 11.6 Å². The molecule has 5 heteroatoms. The van der Waals surface area contributed by atoms with Crippen LogP contribution in [0.5, 0.6) is 0 Å². The van der Waals surface area contributed by atoms with Crippen molar-refractivity contribution in [3.05, 3.63) is 23.5 Å². The third-order valence-corrected chi connectivity index (χ3v) is 3.69. The molecule has 0 radical (unpaired) electrons. The molecule has 0 spiro atoms. The highest BCUT2D eigenvalue weighted by Crippen LogP contribution is 2.24. The second-order valence-corrected chi connectivity index (χ2v) is 4.69. The van der Waals surface area contributed by atoms with Gasteiger partial charge < -0.3 is 0 Å². The van der Waals surface area contributed by atoms with Crippen molar-refractivity contribution in [3.63, 3.8) is 0 Å². The van der Waals surface area contributed by atoms with Crippen LogP contribution >= 0.6 is 47.4 Å². The lowest BCUT2D eigenvalue weighted by Gasteiger charge is -2.07. The summed E-state index contributed by atoms with van der Waals surface area (Å²) < 4.78 is 0. The van der Waals surface area contributed by atoms with Gasteiger partial charge in [0.25, 0.3) is 0 Å². The number of thioether (sulfide) groups is 1. The molecule has 1 nitrogen and oxygen atoms in total. The fraction of sp³-hybridized carbons (Fsp3) is 0.500. The maximum atomic E-state index is 5.77. The first-order valence-electron chi connectivity index (χ1n) is 4.48. The van der Waals surface area contributed by atoms with Crippen LogP contribution in [0.25, 0.3) is 0 Å². The van der Waals surface area contributed by atoms with E-state index in [1.165, 1.54) is 10.5 Å². The fourth-order valence-electron chi connectivity index (χ4n) is 1.09. The van der Waals surface area contributed by atoms with Crippen molar-refractivity contribution in [1.82, 2.24) is 4.98 Å². The van der Waals surface area contributed by atoms with Gasteiger partial charge in [-0.3, -0.25) is 4.98 Å². The molecule has 15 heavy (non-hydrogen) atoms. The van der Waals surface area contributed by atoms with Crippen LogP contribution in [0.4, 0.5) is 0 Å². The molecule has 0 saturated carbocycles. The standard InChI is InChI=1S/C10H13Cl2NS.ClH/c1-8-9(7-12)13-5-3-10(8)14-6-2-4-11;/h3,5H,2,4,6-7H2,1H3;1H. The molecule has 0 unspecified atom stereocenters. The predicted molar refractivity (Wildman–Crippen MR) is 71.8 cm³/mol. The molecule has 0 atom stereocenters. The third kappa shape index (κ3) is 4.81. The van der Waals surface area contributed by atoms with Crippen LogP contribution in [-0.2, 0) is 5.88 Å². The Bertz CT molecular complexity index is 294. The van der Waals surface area contributed by atoms with Gasteiger partial charge in [0, 0.05) is 17.0 Å². The smallest absolute Gasteiger partial charge is 0.0650 e. The summed E-state index contributed by atoms with van der Waals surface area (Å²) >= 11 is 13.2. The number of alkyl halides is 2. The first-order chi connectivity index (χ1) is 6.79. The van der Waals surface area contributed by atoms with Gasteiger partial charge in [-0.15, -0.1) is 47.4 Å². The highest BCUT2D eigenvalue weighted by Gasteiger charge is 2.04. The van der Waals surface area contributed by atoms with Crippen LogP contribution < -0.4 is 0 Å². The highest BCUT2D eigenvalue weighted by molar-refractivity contribution is 7.99. The summed E-state index contributed by atoms with van der Waals surface area (Å²) in [6.45, 7) is 2.06. The van der Waals surface area contributed by atoms with Crippen molar-refractivity contribution in [1.29, 1.82) is 0 Å². The first kappa shape index (κ1) is 15.4. The van der Waals surface area contributed by atoms with E-state index >= 15 is 0 Å². The number of nitrogens with zero attached hydrogens (tertiary/aromatic N) is 1. The van der Waals surface area contributed by atoms with Gasteiger partial charge in [-0.1, -0.05) is 0 Å². The quantitative estimate of drug-likeness (QED) is 0.455. The molecule has 0 saturated heterocycles. The van der Waals surface area contributed by atoms with E-state index in [0.29, 0.717) is 5.88 Å². The number of hydrogen-bond acceptors (Lipinski definition) is 2. The SMILES string of the molecule is Cc1c(SCCCCl)ccnc1CCl.Cl. The van der Waals surface area contributed by atoms with Crippen molar-refractivity contribution in [2.24, 2.45) is 0 Å². The molecule has 1 aromatic rings. The molecule has 0 fully saturated rings. The molecule has 0 bridgehead atoms. The topological polar surface area (TPSA) is 12.9 Å². The summed E-state index contributed by atoms with van der Waals surface area (Å²) in [7, 11) is 0. The molecule has 0 aliphatic carbocycles. The number of halogens is 3. The van der Waals surface area contributed by atoms with Crippen molar-refractivity contribution in [2.45, 2.75) is 24.1 Å². The lowest BCUT2D eigenvalue weighted by molar-refractivity contribution is 1.06. The first-order valence-corrected chi connectivity index (χ1v) is 6.54. The maximum Gasteiger partial charge on any atom is 0.0650 e. The van der Waals surface area contributed by atoms with E-state index in [1.807, 2.05) is 24.0 Å². The van der Waals surface area contributed by atoms with E-state index in [0.717, 1.165) is 23.7 Å². The molecule has 86 valence electrons. The normalized spacial score (nSPS) is 9.80. The second-order valence-electron chi connectivity index (χ2n) is 2.91. The number of pyridine rings is 1. The van der Waals surface area contributed by atoms with E-state index in [2.05, 4.69) is 11.9 Å². The minimum Gasteiger partial charge on any atom is -0.260 e. The third-order valence-electron chi connectivity index (χ3n) is 1.92.